The van der Waals surface area contributed by atoms with Crippen LogP contribution in [0, 0.1) is 5.82 Å². The number of halogens is 1. The molecule has 0 aliphatic heterocycles. The summed E-state index contributed by atoms with van der Waals surface area (Å²) in [5, 5.41) is 1.04. The van der Waals surface area contributed by atoms with E-state index in [1.807, 2.05) is 16.8 Å². The van der Waals surface area contributed by atoms with Gasteiger partial charge in [-0.25, -0.2) is 4.39 Å². The van der Waals surface area contributed by atoms with Crippen molar-refractivity contribution in [2.24, 2.45) is 0 Å². The summed E-state index contributed by atoms with van der Waals surface area (Å²) in [6.07, 6.45) is 1.95. The van der Waals surface area contributed by atoms with Crippen LogP contribution in [0.2, 0.25) is 0 Å². The Morgan fingerprint density at radius 1 is 1.18 bits per heavy atom. The Hall–Kier alpha value is -1.39. The minimum absolute atomic E-state index is 0.210. The van der Waals surface area contributed by atoms with Crippen LogP contribution in [0.15, 0.2) is 30.5 Å². The lowest BCUT2D eigenvalue weighted by molar-refractivity contribution is 0.0670. The quantitative estimate of drug-likeness (QED) is 0.720. The highest BCUT2D eigenvalue weighted by Crippen LogP contribution is 2.16. The van der Waals surface area contributed by atoms with Crippen molar-refractivity contribution in [3.63, 3.8) is 0 Å². The molecule has 0 aliphatic carbocycles. The molecule has 92 valence electrons. The van der Waals surface area contributed by atoms with Crippen LogP contribution >= 0.6 is 0 Å². The minimum Gasteiger partial charge on any atom is -0.382 e. The summed E-state index contributed by atoms with van der Waals surface area (Å²) in [7, 11) is 1.64. The highest BCUT2D eigenvalue weighted by atomic mass is 19.1. The van der Waals surface area contributed by atoms with Gasteiger partial charge >= 0.3 is 0 Å². The SMILES string of the molecule is COCCOCCn1ccc2ccc(F)cc21. The number of hydrogen-bond acceptors (Lipinski definition) is 2. The average molecular weight is 237 g/mol. The van der Waals surface area contributed by atoms with Gasteiger partial charge in [0, 0.05) is 19.9 Å². The fourth-order valence-corrected chi connectivity index (χ4v) is 1.76. The first kappa shape index (κ1) is 12.1. The Labute approximate surface area is 99.7 Å². The van der Waals surface area contributed by atoms with Gasteiger partial charge in [0.2, 0.25) is 0 Å². The number of hydrogen-bond donors (Lipinski definition) is 0. The van der Waals surface area contributed by atoms with Gasteiger partial charge in [-0.2, -0.15) is 0 Å². The van der Waals surface area contributed by atoms with Gasteiger partial charge in [0.1, 0.15) is 5.82 Å². The topological polar surface area (TPSA) is 23.4 Å². The van der Waals surface area contributed by atoms with Crippen molar-refractivity contribution in [2.45, 2.75) is 6.54 Å². The Morgan fingerprint density at radius 3 is 2.88 bits per heavy atom. The van der Waals surface area contributed by atoms with E-state index < -0.39 is 0 Å². The van der Waals surface area contributed by atoms with Crippen molar-refractivity contribution < 1.29 is 13.9 Å². The summed E-state index contributed by atoms with van der Waals surface area (Å²) < 4.78 is 25.4. The monoisotopic (exact) mass is 237 g/mol. The van der Waals surface area contributed by atoms with Crippen LogP contribution in [0.4, 0.5) is 4.39 Å². The molecule has 17 heavy (non-hydrogen) atoms. The van der Waals surface area contributed by atoms with E-state index in [9.17, 15) is 4.39 Å². The normalized spacial score (nSPS) is 11.2. The predicted octanol–water partition coefficient (Wildman–Crippen LogP) is 2.44. The van der Waals surface area contributed by atoms with Crippen molar-refractivity contribution in [3.8, 4) is 0 Å². The summed E-state index contributed by atoms with van der Waals surface area (Å²) in [6, 6.07) is 6.78. The first-order valence-corrected chi connectivity index (χ1v) is 5.62. The third-order valence-corrected chi connectivity index (χ3v) is 2.64. The zero-order valence-corrected chi connectivity index (χ0v) is 9.86. The van der Waals surface area contributed by atoms with Gasteiger partial charge in [0.25, 0.3) is 0 Å². The second kappa shape index (κ2) is 5.80. The van der Waals surface area contributed by atoms with Crippen molar-refractivity contribution in [1.82, 2.24) is 4.57 Å². The fourth-order valence-electron chi connectivity index (χ4n) is 1.76. The van der Waals surface area contributed by atoms with Gasteiger partial charge in [0.15, 0.2) is 0 Å². The number of benzene rings is 1. The van der Waals surface area contributed by atoms with Gasteiger partial charge in [-0.05, 0) is 29.7 Å². The van der Waals surface area contributed by atoms with Crippen molar-refractivity contribution in [1.29, 1.82) is 0 Å². The Bertz CT molecular complexity index is 481. The maximum absolute atomic E-state index is 13.1. The molecule has 0 aliphatic rings. The summed E-state index contributed by atoms with van der Waals surface area (Å²) in [5.74, 6) is -0.210. The van der Waals surface area contributed by atoms with Crippen molar-refractivity contribution >= 4 is 10.9 Å². The highest BCUT2D eigenvalue weighted by molar-refractivity contribution is 5.80. The summed E-state index contributed by atoms with van der Waals surface area (Å²) in [6.45, 7) is 2.51. The third-order valence-electron chi connectivity index (χ3n) is 2.64. The molecule has 0 saturated heterocycles. The van der Waals surface area contributed by atoms with Crippen LogP contribution in [0.3, 0.4) is 0 Å². The Balaban J connectivity index is 1.96. The number of nitrogens with zero attached hydrogens (tertiary/aromatic N) is 1. The molecule has 0 N–H and O–H groups in total. The van der Waals surface area contributed by atoms with E-state index in [1.165, 1.54) is 6.07 Å². The molecule has 0 atom stereocenters. The summed E-state index contributed by atoms with van der Waals surface area (Å²) >= 11 is 0. The van der Waals surface area contributed by atoms with Gasteiger partial charge in [-0.15, -0.1) is 0 Å². The standard InChI is InChI=1S/C13H16FNO2/c1-16-8-9-17-7-6-15-5-4-11-2-3-12(14)10-13(11)15/h2-5,10H,6-9H2,1H3. The maximum Gasteiger partial charge on any atom is 0.125 e. The molecule has 1 aromatic heterocycles. The molecule has 1 aromatic carbocycles. The van der Waals surface area contributed by atoms with Gasteiger partial charge in [-0.1, -0.05) is 0 Å². The number of rotatable bonds is 6. The average Bonchev–Trinajstić information content (AvgIpc) is 2.72. The van der Waals surface area contributed by atoms with E-state index in [4.69, 9.17) is 9.47 Å². The van der Waals surface area contributed by atoms with Crippen LogP contribution in [0.1, 0.15) is 0 Å². The lowest BCUT2D eigenvalue weighted by Gasteiger charge is -2.06. The second-order valence-electron chi connectivity index (χ2n) is 3.82. The number of fused-ring (bicyclic) bond motifs is 1. The Morgan fingerprint density at radius 2 is 2.06 bits per heavy atom. The molecule has 4 heteroatoms. The molecular formula is C13H16FNO2. The molecule has 2 rings (SSSR count). The first-order chi connectivity index (χ1) is 8.31. The van der Waals surface area contributed by atoms with Crippen LogP contribution in [-0.4, -0.2) is 31.5 Å². The molecule has 0 saturated carbocycles. The van der Waals surface area contributed by atoms with Crippen LogP contribution in [0.5, 0.6) is 0 Å². The van der Waals surface area contributed by atoms with E-state index in [0.29, 0.717) is 19.8 Å². The smallest absolute Gasteiger partial charge is 0.125 e. The van der Waals surface area contributed by atoms with Crippen molar-refractivity contribution in [2.75, 3.05) is 26.9 Å². The van der Waals surface area contributed by atoms with Crippen LogP contribution in [-0.2, 0) is 16.0 Å². The van der Waals surface area contributed by atoms with Crippen LogP contribution < -0.4 is 0 Å². The fraction of sp³-hybridized carbons (Fsp3) is 0.385. The largest absolute Gasteiger partial charge is 0.382 e. The predicted molar refractivity (Wildman–Crippen MR) is 64.6 cm³/mol. The lowest BCUT2D eigenvalue weighted by Crippen LogP contribution is -2.08. The molecule has 3 nitrogen and oxygen atoms in total. The molecule has 2 aromatic rings. The maximum atomic E-state index is 13.1. The molecular weight excluding hydrogens is 221 g/mol. The number of aromatic nitrogens is 1. The van der Waals surface area contributed by atoms with E-state index in [2.05, 4.69) is 0 Å². The number of ether oxygens (including phenoxy) is 2. The molecule has 0 spiro atoms. The van der Waals surface area contributed by atoms with E-state index >= 15 is 0 Å². The molecule has 0 radical (unpaired) electrons. The van der Waals surface area contributed by atoms with Gasteiger partial charge < -0.3 is 14.0 Å². The molecule has 0 unspecified atom stereocenters. The molecule has 0 amide bonds. The minimum atomic E-state index is -0.210. The molecule has 1 heterocycles. The van der Waals surface area contributed by atoms with Gasteiger partial charge in [0.05, 0.1) is 25.3 Å². The van der Waals surface area contributed by atoms with E-state index in [0.717, 1.165) is 17.4 Å². The zero-order chi connectivity index (χ0) is 12.1. The lowest BCUT2D eigenvalue weighted by atomic mass is 10.2. The summed E-state index contributed by atoms with van der Waals surface area (Å²) in [4.78, 5) is 0. The highest BCUT2D eigenvalue weighted by Gasteiger charge is 2.02. The van der Waals surface area contributed by atoms with E-state index in [1.54, 1.807) is 19.2 Å². The zero-order valence-electron chi connectivity index (χ0n) is 9.86. The summed E-state index contributed by atoms with van der Waals surface area (Å²) in [5.41, 5.74) is 0.903. The Kier molecular flexibility index (Phi) is 4.12. The first-order valence-electron chi connectivity index (χ1n) is 5.62. The number of methoxy groups -OCH3 is 1. The molecule has 0 bridgehead atoms. The molecule has 0 fully saturated rings. The van der Waals surface area contributed by atoms with Crippen molar-refractivity contribution in [3.05, 3.63) is 36.3 Å². The van der Waals surface area contributed by atoms with E-state index in [-0.39, 0.29) is 5.82 Å². The van der Waals surface area contributed by atoms with Gasteiger partial charge in [-0.3, -0.25) is 0 Å². The van der Waals surface area contributed by atoms with Crippen LogP contribution in [0.25, 0.3) is 10.9 Å². The third kappa shape index (κ3) is 3.05. The second-order valence-corrected chi connectivity index (χ2v) is 3.82.